The van der Waals surface area contributed by atoms with Crippen LogP contribution in [0.15, 0.2) is 34.8 Å². The number of nitrogens with zero attached hydrogens (tertiary/aromatic N) is 1. The van der Waals surface area contributed by atoms with E-state index in [1.54, 1.807) is 12.1 Å². The molecule has 0 aliphatic heterocycles. The zero-order valence-electron chi connectivity index (χ0n) is 11.4. The van der Waals surface area contributed by atoms with Crippen molar-refractivity contribution in [2.75, 3.05) is 7.05 Å². The first kappa shape index (κ1) is 14.9. The molecule has 1 aromatic carbocycles. The highest BCUT2D eigenvalue weighted by Crippen LogP contribution is 2.21. The highest BCUT2D eigenvalue weighted by atomic mass is 79.9. The summed E-state index contributed by atoms with van der Waals surface area (Å²) in [6, 6.07) is 8.67. The third kappa shape index (κ3) is 3.77. The molecule has 0 aliphatic rings. The summed E-state index contributed by atoms with van der Waals surface area (Å²) in [7, 11) is 1.87. The lowest BCUT2D eigenvalue weighted by Crippen LogP contribution is -2.10. The maximum atomic E-state index is 13.2. The molecule has 0 aliphatic carbocycles. The van der Waals surface area contributed by atoms with Gasteiger partial charge in [0.05, 0.1) is 10.2 Å². The first-order valence-corrected chi connectivity index (χ1v) is 7.07. The second-order valence-corrected chi connectivity index (χ2v) is 5.32. The highest BCUT2D eigenvalue weighted by Gasteiger charge is 2.06. The van der Waals surface area contributed by atoms with Crippen molar-refractivity contribution in [2.45, 2.75) is 20.1 Å². The second kappa shape index (κ2) is 6.81. The molecule has 5 heteroatoms. The molecule has 3 nitrogen and oxygen atoms in total. The summed E-state index contributed by atoms with van der Waals surface area (Å²) >= 11 is 3.17. The van der Waals surface area contributed by atoms with Crippen LogP contribution in [0, 0.1) is 12.7 Å². The van der Waals surface area contributed by atoms with Crippen molar-refractivity contribution in [2.24, 2.45) is 0 Å². The van der Waals surface area contributed by atoms with Gasteiger partial charge in [0.25, 0.3) is 0 Å². The summed E-state index contributed by atoms with van der Waals surface area (Å²) in [5, 5.41) is 3.07. The predicted molar refractivity (Wildman–Crippen MR) is 80.2 cm³/mol. The van der Waals surface area contributed by atoms with Gasteiger partial charge in [0, 0.05) is 12.2 Å². The largest absolute Gasteiger partial charge is 0.487 e. The molecule has 2 rings (SSSR count). The van der Waals surface area contributed by atoms with Crippen molar-refractivity contribution < 1.29 is 9.13 Å². The van der Waals surface area contributed by atoms with Crippen molar-refractivity contribution in [3.05, 3.63) is 57.6 Å². The monoisotopic (exact) mass is 338 g/mol. The molecule has 0 saturated heterocycles. The fraction of sp³-hybridized carbons (Fsp3) is 0.267. The smallest absolute Gasteiger partial charge is 0.142 e. The quantitative estimate of drug-likeness (QED) is 0.904. The van der Waals surface area contributed by atoms with Gasteiger partial charge in [-0.05, 0) is 59.7 Å². The third-order valence-corrected chi connectivity index (χ3v) is 3.40. The van der Waals surface area contributed by atoms with E-state index in [1.165, 1.54) is 6.07 Å². The SMILES string of the molecule is CNCc1nc(C)ccc1OCc1ccc(F)c(Br)c1. The normalized spacial score (nSPS) is 10.6. The predicted octanol–water partition coefficient (Wildman–Crippen LogP) is 3.59. The van der Waals surface area contributed by atoms with Gasteiger partial charge in [-0.15, -0.1) is 0 Å². The number of benzene rings is 1. The van der Waals surface area contributed by atoms with Gasteiger partial charge in [-0.1, -0.05) is 6.07 Å². The summed E-state index contributed by atoms with van der Waals surface area (Å²) in [6.45, 7) is 2.96. The van der Waals surface area contributed by atoms with E-state index >= 15 is 0 Å². The van der Waals surface area contributed by atoms with Gasteiger partial charge in [0.1, 0.15) is 18.2 Å². The van der Waals surface area contributed by atoms with Crippen molar-refractivity contribution in [3.8, 4) is 5.75 Å². The van der Waals surface area contributed by atoms with Crippen molar-refractivity contribution in [1.82, 2.24) is 10.3 Å². The molecule has 1 heterocycles. The van der Waals surface area contributed by atoms with E-state index < -0.39 is 0 Å². The first-order chi connectivity index (χ1) is 9.60. The maximum Gasteiger partial charge on any atom is 0.142 e. The Balaban J connectivity index is 2.11. The van der Waals surface area contributed by atoms with Gasteiger partial charge in [0.2, 0.25) is 0 Å². The van der Waals surface area contributed by atoms with Crippen LogP contribution in [-0.4, -0.2) is 12.0 Å². The highest BCUT2D eigenvalue weighted by molar-refractivity contribution is 9.10. The second-order valence-electron chi connectivity index (χ2n) is 4.46. The molecular weight excluding hydrogens is 323 g/mol. The van der Waals surface area contributed by atoms with E-state index in [1.807, 2.05) is 26.1 Å². The third-order valence-electron chi connectivity index (χ3n) is 2.79. The Hall–Kier alpha value is -1.46. The zero-order chi connectivity index (χ0) is 14.5. The van der Waals surface area contributed by atoms with Gasteiger partial charge in [0.15, 0.2) is 0 Å². The molecule has 0 spiro atoms. The van der Waals surface area contributed by atoms with Gasteiger partial charge < -0.3 is 10.1 Å². The average Bonchev–Trinajstić information content (AvgIpc) is 2.42. The van der Waals surface area contributed by atoms with E-state index in [0.717, 1.165) is 22.7 Å². The molecule has 0 amide bonds. The van der Waals surface area contributed by atoms with Crippen molar-refractivity contribution in [1.29, 1.82) is 0 Å². The van der Waals surface area contributed by atoms with Crippen LogP contribution in [0.5, 0.6) is 5.75 Å². The van der Waals surface area contributed by atoms with Crippen LogP contribution in [0.1, 0.15) is 17.0 Å². The molecule has 0 radical (unpaired) electrons. The molecular formula is C15H16BrFN2O. The lowest BCUT2D eigenvalue weighted by molar-refractivity contribution is 0.300. The fourth-order valence-electron chi connectivity index (χ4n) is 1.81. The Morgan fingerprint density at radius 2 is 2.10 bits per heavy atom. The molecule has 0 atom stereocenters. The Bertz CT molecular complexity index is 604. The van der Waals surface area contributed by atoms with Crippen LogP contribution in [-0.2, 0) is 13.2 Å². The van der Waals surface area contributed by atoms with Gasteiger partial charge >= 0.3 is 0 Å². The van der Waals surface area contributed by atoms with Crippen LogP contribution in [0.2, 0.25) is 0 Å². The number of rotatable bonds is 5. The number of halogens is 2. The molecule has 1 aromatic heterocycles. The van der Waals surface area contributed by atoms with Crippen LogP contribution in [0.4, 0.5) is 4.39 Å². The fourth-order valence-corrected chi connectivity index (χ4v) is 2.24. The van der Waals surface area contributed by atoms with E-state index in [-0.39, 0.29) is 5.82 Å². The van der Waals surface area contributed by atoms with Crippen molar-refractivity contribution >= 4 is 15.9 Å². The molecule has 2 aromatic rings. The summed E-state index contributed by atoms with van der Waals surface area (Å²) in [5.74, 6) is 0.465. The number of aryl methyl sites for hydroxylation is 1. The average molecular weight is 339 g/mol. The number of ether oxygens (including phenoxy) is 1. The minimum absolute atomic E-state index is 0.276. The standard InChI is InChI=1S/C15H16BrFN2O/c1-10-3-6-15(14(19-10)8-18-2)20-9-11-4-5-13(17)12(16)7-11/h3-7,18H,8-9H2,1-2H3. The van der Waals surface area contributed by atoms with Crippen molar-refractivity contribution in [3.63, 3.8) is 0 Å². The molecule has 0 saturated carbocycles. The van der Waals surface area contributed by atoms with E-state index in [0.29, 0.717) is 17.6 Å². The van der Waals surface area contributed by atoms with Crippen LogP contribution < -0.4 is 10.1 Å². The van der Waals surface area contributed by atoms with Gasteiger partial charge in [-0.3, -0.25) is 4.98 Å². The number of nitrogens with one attached hydrogen (secondary N) is 1. The minimum atomic E-state index is -0.276. The Morgan fingerprint density at radius 3 is 2.80 bits per heavy atom. The van der Waals surface area contributed by atoms with E-state index in [4.69, 9.17) is 4.74 Å². The Morgan fingerprint density at radius 1 is 1.30 bits per heavy atom. The maximum absolute atomic E-state index is 13.2. The molecule has 0 bridgehead atoms. The molecule has 0 unspecified atom stereocenters. The van der Waals surface area contributed by atoms with Gasteiger partial charge in [-0.25, -0.2) is 4.39 Å². The molecule has 1 N–H and O–H groups in total. The van der Waals surface area contributed by atoms with E-state index in [2.05, 4.69) is 26.2 Å². The Labute approximate surface area is 126 Å². The molecule has 106 valence electrons. The molecule has 0 fully saturated rings. The molecule has 20 heavy (non-hydrogen) atoms. The lowest BCUT2D eigenvalue weighted by Gasteiger charge is -2.11. The Kier molecular flexibility index (Phi) is 5.09. The summed E-state index contributed by atoms with van der Waals surface area (Å²) < 4.78 is 19.4. The minimum Gasteiger partial charge on any atom is -0.487 e. The summed E-state index contributed by atoms with van der Waals surface area (Å²) in [4.78, 5) is 4.45. The zero-order valence-corrected chi connectivity index (χ0v) is 13.0. The summed E-state index contributed by atoms with van der Waals surface area (Å²) in [6.07, 6.45) is 0. The van der Waals surface area contributed by atoms with Crippen LogP contribution >= 0.6 is 15.9 Å². The van der Waals surface area contributed by atoms with Crippen LogP contribution in [0.3, 0.4) is 0 Å². The number of hydrogen-bond acceptors (Lipinski definition) is 3. The van der Waals surface area contributed by atoms with E-state index in [9.17, 15) is 4.39 Å². The topological polar surface area (TPSA) is 34.2 Å². The first-order valence-electron chi connectivity index (χ1n) is 6.28. The summed E-state index contributed by atoms with van der Waals surface area (Å²) in [5.41, 5.74) is 2.72. The number of pyridine rings is 1. The lowest BCUT2D eigenvalue weighted by atomic mass is 10.2. The number of aromatic nitrogens is 1. The number of hydrogen-bond donors (Lipinski definition) is 1. The van der Waals surface area contributed by atoms with Crippen LogP contribution in [0.25, 0.3) is 0 Å². The van der Waals surface area contributed by atoms with Gasteiger partial charge in [-0.2, -0.15) is 0 Å².